The van der Waals surface area contributed by atoms with Gasteiger partial charge in [-0.15, -0.1) is 0 Å². The quantitative estimate of drug-likeness (QED) is 0.847. The van der Waals surface area contributed by atoms with Crippen molar-refractivity contribution in [3.63, 3.8) is 0 Å². The van der Waals surface area contributed by atoms with Crippen LogP contribution in [0.15, 0.2) is 48.5 Å². The predicted molar refractivity (Wildman–Crippen MR) is 80.5 cm³/mol. The van der Waals surface area contributed by atoms with E-state index in [1.165, 1.54) is 22.3 Å². The Morgan fingerprint density at radius 1 is 0.842 bits per heavy atom. The highest BCUT2D eigenvalue weighted by Gasteiger charge is 2.17. The molecule has 0 aliphatic rings. The van der Waals surface area contributed by atoms with Crippen molar-refractivity contribution in [2.45, 2.75) is 32.6 Å². The minimum Gasteiger partial charge on any atom is -0.396 e. The minimum atomic E-state index is 0.258. The fourth-order valence-electron chi connectivity index (χ4n) is 2.73. The number of rotatable bonds is 5. The Kier molecular flexibility index (Phi) is 4.75. The second-order valence-corrected chi connectivity index (χ2v) is 5.13. The summed E-state index contributed by atoms with van der Waals surface area (Å²) in [5, 5.41) is 9.15. The van der Waals surface area contributed by atoms with Crippen molar-refractivity contribution in [1.82, 2.24) is 0 Å². The summed E-state index contributed by atoms with van der Waals surface area (Å²) in [4.78, 5) is 0. The molecule has 100 valence electrons. The van der Waals surface area contributed by atoms with Gasteiger partial charge in [-0.05, 0) is 48.9 Å². The molecule has 0 bridgehead atoms. The average molecular weight is 254 g/mol. The van der Waals surface area contributed by atoms with Crippen molar-refractivity contribution >= 4 is 0 Å². The van der Waals surface area contributed by atoms with Crippen molar-refractivity contribution in [2.24, 2.45) is 0 Å². The third kappa shape index (κ3) is 3.24. The first-order chi connectivity index (χ1) is 9.24. The second kappa shape index (κ2) is 6.53. The first-order valence-electron chi connectivity index (χ1n) is 6.96. The van der Waals surface area contributed by atoms with E-state index >= 15 is 0 Å². The Balaban J connectivity index is 2.42. The maximum atomic E-state index is 9.15. The summed E-state index contributed by atoms with van der Waals surface area (Å²) in [6, 6.07) is 17.1. The predicted octanol–water partition coefficient (Wildman–Crippen LogP) is 4.21. The van der Waals surface area contributed by atoms with E-state index in [1.54, 1.807) is 0 Å². The van der Waals surface area contributed by atoms with Crippen LogP contribution in [-0.4, -0.2) is 11.7 Å². The van der Waals surface area contributed by atoms with Crippen molar-refractivity contribution in [3.8, 4) is 0 Å². The molecular weight excluding hydrogens is 232 g/mol. The highest BCUT2D eigenvalue weighted by Crippen LogP contribution is 2.32. The maximum absolute atomic E-state index is 9.15. The third-order valence-electron chi connectivity index (χ3n) is 3.78. The summed E-state index contributed by atoms with van der Waals surface area (Å²) < 4.78 is 0. The van der Waals surface area contributed by atoms with Crippen LogP contribution in [-0.2, 0) is 0 Å². The van der Waals surface area contributed by atoms with Crippen LogP contribution in [0.1, 0.15) is 41.0 Å². The molecule has 0 aromatic heterocycles. The largest absolute Gasteiger partial charge is 0.396 e. The molecule has 1 N–H and O–H groups in total. The van der Waals surface area contributed by atoms with E-state index in [0.717, 1.165) is 12.8 Å². The molecule has 0 radical (unpaired) electrons. The molecule has 0 aliphatic heterocycles. The molecule has 2 aromatic carbocycles. The molecule has 0 spiro atoms. The van der Waals surface area contributed by atoms with Gasteiger partial charge in [0.15, 0.2) is 0 Å². The zero-order chi connectivity index (χ0) is 13.7. The summed E-state index contributed by atoms with van der Waals surface area (Å²) in [6.07, 6.45) is 1.83. The van der Waals surface area contributed by atoms with Gasteiger partial charge in [0, 0.05) is 12.5 Å². The molecule has 1 heteroatoms. The van der Waals surface area contributed by atoms with Gasteiger partial charge in [-0.3, -0.25) is 0 Å². The molecule has 0 saturated carbocycles. The van der Waals surface area contributed by atoms with Crippen molar-refractivity contribution < 1.29 is 5.11 Å². The number of hydrogen-bond acceptors (Lipinski definition) is 1. The van der Waals surface area contributed by atoms with E-state index in [9.17, 15) is 0 Å². The fourth-order valence-corrected chi connectivity index (χ4v) is 2.73. The van der Waals surface area contributed by atoms with Crippen LogP contribution in [0.4, 0.5) is 0 Å². The lowest BCUT2D eigenvalue weighted by atomic mass is 9.83. The molecule has 2 rings (SSSR count). The summed E-state index contributed by atoms with van der Waals surface area (Å²) >= 11 is 0. The molecule has 0 unspecified atom stereocenters. The van der Waals surface area contributed by atoms with E-state index in [4.69, 9.17) is 5.11 Å². The molecule has 0 aliphatic carbocycles. The van der Waals surface area contributed by atoms with Gasteiger partial charge >= 0.3 is 0 Å². The average Bonchev–Trinajstić information content (AvgIpc) is 2.42. The van der Waals surface area contributed by atoms with Crippen LogP contribution in [0.2, 0.25) is 0 Å². The standard InChI is InChI=1S/C18H22O/c1-14-8-3-5-10-16(14)18(12-7-13-19)17-11-6-4-9-15(17)2/h3-6,8-11,18-19H,7,12-13H2,1-2H3. The number of aliphatic hydroxyl groups is 1. The van der Waals surface area contributed by atoms with E-state index in [0.29, 0.717) is 5.92 Å². The minimum absolute atomic E-state index is 0.258. The molecule has 0 atom stereocenters. The molecule has 0 heterocycles. The van der Waals surface area contributed by atoms with Gasteiger partial charge in [-0.2, -0.15) is 0 Å². The SMILES string of the molecule is Cc1ccccc1C(CCCO)c1ccccc1C. The first-order valence-corrected chi connectivity index (χ1v) is 6.96. The number of hydrogen-bond donors (Lipinski definition) is 1. The smallest absolute Gasteiger partial charge is 0.0431 e. The highest BCUT2D eigenvalue weighted by molar-refractivity contribution is 5.40. The Labute approximate surface area is 115 Å². The summed E-state index contributed by atoms with van der Waals surface area (Å²) in [6.45, 7) is 4.59. The molecule has 2 aromatic rings. The van der Waals surface area contributed by atoms with Crippen molar-refractivity contribution in [3.05, 3.63) is 70.8 Å². The monoisotopic (exact) mass is 254 g/mol. The van der Waals surface area contributed by atoms with Crippen LogP contribution in [0.3, 0.4) is 0 Å². The summed E-state index contributed by atoms with van der Waals surface area (Å²) in [5.41, 5.74) is 5.41. The van der Waals surface area contributed by atoms with Gasteiger partial charge in [0.1, 0.15) is 0 Å². The maximum Gasteiger partial charge on any atom is 0.0431 e. The Bertz CT molecular complexity index is 485. The summed E-state index contributed by atoms with van der Waals surface area (Å²) in [5.74, 6) is 0.384. The van der Waals surface area contributed by atoms with Gasteiger partial charge in [0.05, 0.1) is 0 Å². The molecular formula is C18H22O. The molecule has 0 fully saturated rings. The van der Waals surface area contributed by atoms with E-state index < -0.39 is 0 Å². The molecule has 0 amide bonds. The Hall–Kier alpha value is -1.60. The van der Waals surface area contributed by atoms with Crippen molar-refractivity contribution in [1.29, 1.82) is 0 Å². The van der Waals surface area contributed by atoms with Crippen LogP contribution >= 0.6 is 0 Å². The summed E-state index contributed by atoms with van der Waals surface area (Å²) in [7, 11) is 0. The lowest BCUT2D eigenvalue weighted by Gasteiger charge is -2.21. The normalized spacial score (nSPS) is 10.9. The third-order valence-corrected chi connectivity index (χ3v) is 3.78. The van der Waals surface area contributed by atoms with E-state index in [2.05, 4.69) is 62.4 Å². The van der Waals surface area contributed by atoms with Crippen molar-refractivity contribution in [2.75, 3.05) is 6.61 Å². The Morgan fingerprint density at radius 2 is 1.32 bits per heavy atom. The Morgan fingerprint density at radius 3 is 1.74 bits per heavy atom. The zero-order valence-electron chi connectivity index (χ0n) is 11.8. The molecule has 0 saturated heterocycles. The van der Waals surface area contributed by atoms with Crippen LogP contribution < -0.4 is 0 Å². The zero-order valence-corrected chi connectivity index (χ0v) is 11.8. The van der Waals surface area contributed by atoms with Gasteiger partial charge in [-0.25, -0.2) is 0 Å². The van der Waals surface area contributed by atoms with Gasteiger partial charge in [-0.1, -0.05) is 48.5 Å². The molecule has 19 heavy (non-hydrogen) atoms. The topological polar surface area (TPSA) is 20.2 Å². The lowest BCUT2D eigenvalue weighted by molar-refractivity contribution is 0.282. The van der Waals surface area contributed by atoms with Crippen LogP contribution in [0.5, 0.6) is 0 Å². The van der Waals surface area contributed by atoms with Gasteiger partial charge < -0.3 is 5.11 Å². The fraction of sp³-hybridized carbons (Fsp3) is 0.333. The number of benzene rings is 2. The van der Waals surface area contributed by atoms with Crippen LogP contribution in [0, 0.1) is 13.8 Å². The number of aryl methyl sites for hydroxylation is 2. The van der Waals surface area contributed by atoms with E-state index in [1.807, 2.05) is 0 Å². The van der Waals surface area contributed by atoms with Gasteiger partial charge in [0.2, 0.25) is 0 Å². The lowest BCUT2D eigenvalue weighted by Crippen LogP contribution is -2.06. The first kappa shape index (κ1) is 13.8. The van der Waals surface area contributed by atoms with Gasteiger partial charge in [0.25, 0.3) is 0 Å². The van der Waals surface area contributed by atoms with E-state index in [-0.39, 0.29) is 6.61 Å². The van der Waals surface area contributed by atoms with Crippen LogP contribution in [0.25, 0.3) is 0 Å². The highest BCUT2D eigenvalue weighted by atomic mass is 16.2. The second-order valence-electron chi connectivity index (χ2n) is 5.13. The number of aliphatic hydroxyl groups excluding tert-OH is 1. The molecule has 1 nitrogen and oxygen atoms in total.